The molecule has 0 fully saturated rings. The maximum Gasteiger partial charge on any atom is 0.275 e. The molecule has 0 aliphatic rings. The largest absolute Gasteiger partial charge is 0.351 e. The fraction of sp³-hybridized carbons (Fsp3) is 0.409. The third-order valence-corrected chi connectivity index (χ3v) is 4.32. The van der Waals surface area contributed by atoms with Crippen molar-refractivity contribution < 1.29 is 15.4 Å². The van der Waals surface area contributed by atoms with Crippen LogP contribution in [-0.4, -0.2) is 31.1 Å². The summed E-state index contributed by atoms with van der Waals surface area (Å²) in [5.74, 6) is 0.0950. The van der Waals surface area contributed by atoms with Gasteiger partial charge >= 0.3 is 0 Å². The predicted octanol–water partition coefficient (Wildman–Crippen LogP) is 1.21. The van der Waals surface area contributed by atoms with Gasteiger partial charge in [0.2, 0.25) is 0 Å². The third-order valence-electron chi connectivity index (χ3n) is 4.32. The quantitative estimate of drug-likeness (QED) is 0.582. The van der Waals surface area contributed by atoms with Crippen LogP contribution < -0.4 is 16.0 Å². The molecule has 0 unspecified atom stereocenters. The molecule has 0 heterocycles. The van der Waals surface area contributed by atoms with Crippen LogP contribution in [0.4, 0.5) is 0 Å². The average Bonchev–Trinajstić information content (AvgIpc) is 2.62. The molecule has 0 bridgehead atoms. The molecule has 4 nitrogen and oxygen atoms in total. The van der Waals surface area contributed by atoms with Gasteiger partial charge in [0.1, 0.15) is 6.04 Å². The van der Waals surface area contributed by atoms with E-state index < -0.39 is 0 Å². The van der Waals surface area contributed by atoms with Crippen LogP contribution in [0, 0.1) is 0 Å². The summed E-state index contributed by atoms with van der Waals surface area (Å²) in [5.41, 5.74) is 2.67. The molecule has 1 amide bonds. The van der Waals surface area contributed by atoms with Crippen LogP contribution in [0.5, 0.6) is 0 Å². The van der Waals surface area contributed by atoms with E-state index in [0.717, 1.165) is 19.5 Å². The van der Waals surface area contributed by atoms with E-state index in [-0.39, 0.29) is 17.5 Å². The minimum absolute atomic E-state index is 0.0950. The van der Waals surface area contributed by atoms with Crippen molar-refractivity contribution in [1.82, 2.24) is 5.32 Å². The number of nitrogens with one attached hydrogen (secondary N) is 1. The molecule has 0 aliphatic heterocycles. The number of hydrogen-bond acceptors (Lipinski definition) is 1. The van der Waals surface area contributed by atoms with Gasteiger partial charge in [0.05, 0.1) is 12.1 Å². The van der Waals surface area contributed by atoms with Crippen LogP contribution in [0.2, 0.25) is 0 Å². The van der Waals surface area contributed by atoms with Crippen molar-refractivity contribution in [3.63, 3.8) is 0 Å². The van der Waals surface area contributed by atoms with Crippen LogP contribution >= 0.6 is 0 Å². The van der Waals surface area contributed by atoms with Crippen molar-refractivity contribution in [2.45, 2.75) is 38.8 Å². The van der Waals surface area contributed by atoms with Gasteiger partial charge in [-0.05, 0) is 20.8 Å². The minimum atomic E-state index is 0.0950. The van der Waals surface area contributed by atoms with Gasteiger partial charge in [0.15, 0.2) is 6.54 Å². The zero-order valence-corrected chi connectivity index (χ0v) is 16.2. The molecule has 0 aliphatic carbocycles. The summed E-state index contributed by atoms with van der Waals surface area (Å²) in [7, 11) is 0. The lowest BCUT2D eigenvalue weighted by Gasteiger charge is -2.17. The van der Waals surface area contributed by atoms with Gasteiger partial charge in [0.25, 0.3) is 5.91 Å². The van der Waals surface area contributed by atoms with Crippen LogP contribution in [0.15, 0.2) is 60.7 Å². The summed E-state index contributed by atoms with van der Waals surface area (Å²) >= 11 is 0. The summed E-state index contributed by atoms with van der Waals surface area (Å²) in [5, 5.41) is 7.46. The van der Waals surface area contributed by atoms with E-state index in [0.29, 0.717) is 6.54 Å². The van der Waals surface area contributed by atoms with E-state index in [1.54, 1.807) is 0 Å². The number of rotatable bonds is 9. The lowest BCUT2D eigenvalue weighted by molar-refractivity contribution is -0.717. The zero-order valence-electron chi connectivity index (χ0n) is 16.2. The van der Waals surface area contributed by atoms with Crippen LogP contribution in [0.25, 0.3) is 0 Å². The van der Waals surface area contributed by atoms with E-state index >= 15 is 0 Å². The van der Waals surface area contributed by atoms with Gasteiger partial charge in [-0.2, -0.15) is 0 Å². The molecule has 4 heteroatoms. The van der Waals surface area contributed by atoms with Crippen LogP contribution in [0.1, 0.15) is 44.4 Å². The molecule has 26 heavy (non-hydrogen) atoms. The Morgan fingerprint density at radius 2 is 1.50 bits per heavy atom. The molecular weight excluding hydrogens is 322 g/mol. The smallest absolute Gasteiger partial charge is 0.275 e. The van der Waals surface area contributed by atoms with Gasteiger partial charge in [0, 0.05) is 24.1 Å². The first-order valence-corrected chi connectivity index (χ1v) is 9.50. The van der Waals surface area contributed by atoms with Crippen LogP contribution in [0.3, 0.4) is 0 Å². The maximum absolute atomic E-state index is 12.2. The second-order valence-electron chi connectivity index (χ2n) is 7.80. The SMILES string of the molecule is CC(C)(C)[NH2+]CCCNC(=O)C[NH2+]C(c1ccccc1)c1ccccc1. The van der Waals surface area contributed by atoms with E-state index in [1.807, 2.05) is 36.4 Å². The van der Waals surface area contributed by atoms with Crippen molar-refractivity contribution in [2.24, 2.45) is 0 Å². The van der Waals surface area contributed by atoms with E-state index in [1.165, 1.54) is 11.1 Å². The fourth-order valence-electron chi connectivity index (χ4n) is 2.95. The highest BCUT2D eigenvalue weighted by Gasteiger charge is 2.18. The van der Waals surface area contributed by atoms with Crippen LogP contribution in [-0.2, 0) is 4.79 Å². The van der Waals surface area contributed by atoms with Crippen molar-refractivity contribution >= 4 is 5.91 Å². The molecule has 2 aromatic carbocycles. The first kappa shape index (κ1) is 20.1. The second kappa shape index (κ2) is 10.1. The Labute approximate surface area is 157 Å². The first-order valence-electron chi connectivity index (χ1n) is 9.50. The Kier molecular flexibility index (Phi) is 7.82. The fourth-order valence-corrected chi connectivity index (χ4v) is 2.95. The predicted molar refractivity (Wildman–Crippen MR) is 106 cm³/mol. The number of benzene rings is 2. The van der Waals surface area contributed by atoms with Crippen molar-refractivity contribution in [3.8, 4) is 0 Å². The van der Waals surface area contributed by atoms with Gasteiger partial charge in [-0.15, -0.1) is 0 Å². The second-order valence-corrected chi connectivity index (χ2v) is 7.80. The molecule has 2 aromatic rings. The van der Waals surface area contributed by atoms with E-state index in [4.69, 9.17) is 0 Å². The van der Waals surface area contributed by atoms with Gasteiger partial charge in [-0.3, -0.25) is 4.79 Å². The van der Waals surface area contributed by atoms with Gasteiger partial charge in [-0.25, -0.2) is 0 Å². The molecule has 140 valence electrons. The number of carbonyl (C=O) groups is 1. The molecule has 0 atom stereocenters. The minimum Gasteiger partial charge on any atom is -0.351 e. The van der Waals surface area contributed by atoms with Crippen molar-refractivity contribution in [2.75, 3.05) is 19.6 Å². The Morgan fingerprint density at radius 1 is 0.962 bits per heavy atom. The highest BCUT2D eigenvalue weighted by atomic mass is 16.1. The van der Waals surface area contributed by atoms with E-state index in [9.17, 15) is 4.79 Å². The third kappa shape index (κ3) is 7.38. The number of amides is 1. The number of carbonyl (C=O) groups excluding carboxylic acids is 1. The Balaban J connectivity index is 1.83. The molecule has 0 spiro atoms. The molecule has 0 radical (unpaired) electrons. The Bertz CT molecular complexity index is 611. The summed E-state index contributed by atoms with van der Waals surface area (Å²) in [6, 6.07) is 20.8. The number of nitrogens with two attached hydrogens (primary N) is 2. The monoisotopic (exact) mass is 355 g/mol. The van der Waals surface area contributed by atoms with Gasteiger partial charge in [-0.1, -0.05) is 60.7 Å². The average molecular weight is 356 g/mol. The normalized spacial score (nSPS) is 11.5. The summed E-state index contributed by atoms with van der Waals surface area (Å²) < 4.78 is 0. The summed E-state index contributed by atoms with van der Waals surface area (Å²) in [6.07, 6.45) is 0.990. The lowest BCUT2D eigenvalue weighted by atomic mass is 9.99. The molecule has 0 aromatic heterocycles. The number of quaternary nitrogens is 2. The molecule has 5 N–H and O–H groups in total. The molecule has 0 saturated carbocycles. The van der Waals surface area contributed by atoms with E-state index in [2.05, 4.69) is 61.0 Å². The lowest BCUT2D eigenvalue weighted by Crippen LogP contribution is -2.94. The summed E-state index contributed by atoms with van der Waals surface area (Å²) in [6.45, 7) is 8.80. The first-order chi connectivity index (χ1) is 12.5. The Hall–Kier alpha value is -2.17. The highest BCUT2D eigenvalue weighted by molar-refractivity contribution is 5.76. The maximum atomic E-state index is 12.2. The Morgan fingerprint density at radius 3 is 2.00 bits per heavy atom. The standard InChI is InChI=1S/C22H31N3O/c1-22(2,3)25-16-10-15-23-20(26)17-24-21(18-11-6-4-7-12-18)19-13-8-5-9-14-19/h4-9,11-14,21,24-25H,10,15-17H2,1-3H3,(H,23,26)/p+2. The van der Waals surface area contributed by atoms with Crippen molar-refractivity contribution in [3.05, 3.63) is 71.8 Å². The summed E-state index contributed by atoms with van der Waals surface area (Å²) in [4.78, 5) is 12.2. The molecule has 0 saturated heterocycles. The zero-order chi connectivity index (χ0) is 18.8. The number of hydrogen-bond donors (Lipinski definition) is 3. The molecular formula is C22H33N3O+2. The molecule has 2 rings (SSSR count). The topological polar surface area (TPSA) is 62.3 Å². The highest BCUT2D eigenvalue weighted by Crippen LogP contribution is 2.17. The van der Waals surface area contributed by atoms with Gasteiger partial charge < -0.3 is 16.0 Å². The van der Waals surface area contributed by atoms with Crippen molar-refractivity contribution in [1.29, 1.82) is 0 Å².